The molecule has 0 radical (unpaired) electrons. The van der Waals surface area contributed by atoms with Gasteiger partial charge in [-0.05, 0) is 16.7 Å². The Bertz CT molecular complexity index is 1080. The summed E-state index contributed by atoms with van der Waals surface area (Å²) in [7, 11) is 0. The number of carboxylic acid groups (broad SMARTS) is 2. The molecule has 0 aliphatic heterocycles. The summed E-state index contributed by atoms with van der Waals surface area (Å²) in [6.45, 7) is -0.105. The number of hydrogen-bond donors (Lipinski definition) is 2. The number of aromatic nitrogens is 4. The van der Waals surface area contributed by atoms with Gasteiger partial charge in [-0.15, -0.1) is 0 Å². The molecule has 10 nitrogen and oxygen atoms in total. The van der Waals surface area contributed by atoms with Crippen molar-refractivity contribution in [2.45, 2.75) is 18.8 Å². The number of aliphatic carboxylic acids is 2. The van der Waals surface area contributed by atoms with E-state index in [0.29, 0.717) is 11.4 Å². The summed E-state index contributed by atoms with van der Waals surface area (Å²) >= 11 is 0. The molecule has 0 saturated heterocycles. The predicted molar refractivity (Wildman–Crippen MR) is 101 cm³/mol. The fourth-order valence-corrected chi connectivity index (χ4v) is 2.35. The van der Waals surface area contributed by atoms with E-state index in [0.717, 1.165) is 5.56 Å². The topological polar surface area (TPSA) is 149 Å². The number of nitrogens with one attached hydrogen (secondary N) is 1. The number of amides is 1. The zero-order chi connectivity index (χ0) is 24.4. The maximum absolute atomic E-state index is 12.2. The van der Waals surface area contributed by atoms with E-state index in [2.05, 4.69) is 20.4 Å². The summed E-state index contributed by atoms with van der Waals surface area (Å²) in [5.41, 5.74) is 1.22. The van der Waals surface area contributed by atoms with E-state index < -0.39 is 30.1 Å². The first kappa shape index (κ1) is 24.8. The highest BCUT2D eigenvalue weighted by Crippen LogP contribution is 2.13. The second kappa shape index (κ2) is 11.3. The van der Waals surface area contributed by atoms with Crippen molar-refractivity contribution in [3.8, 4) is 11.4 Å². The van der Waals surface area contributed by atoms with Gasteiger partial charge in [-0.25, -0.2) is 14.8 Å². The van der Waals surface area contributed by atoms with Gasteiger partial charge in [-0.1, -0.05) is 35.0 Å². The van der Waals surface area contributed by atoms with Gasteiger partial charge >= 0.3 is 12.1 Å². The fourth-order valence-electron chi connectivity index (χ4n) is 2.35. The molecule has 1 amide bonds. The third-order valence-electron chi connectivity index (χ3n) is 3.82. The molecule has 1 atom stereocenters. The van der Waals surface area contributed by atoms with Crippen molar-refractivity contribution in [2.75, 3.05) is 0 Å². The van der Waals surface area contributed by atoms with Crippen LogP contribution in [0.3, 0.4) is 0 Å². The van der Waals surface area contributed by atoms with Gasteiger partial charge in [0.1, 0.15) is 12.2 Å². The second-order valence-electron chi connectivity index (χ2n) is 6.22. The molecule has 1 unspecified atom stereocenters. The lowest BCUT2D eigenvalue weighted by Crippen LogP contribution is -2.47. The Balaban J connectivity index is 0.000000479. The standard InChI is InChI=1S/C18H15N5O3.C2HF3O2/c24-15(22-16(18(25)26)13-5-2-1-3-6-13)12-23-10-7-14(11-21-23)17-19-8-4-9-20-17;3-2(4,5)1(6)7/h1-11,16H,12H2,(H-,22,24,25,26);(H,6,7). The van der Waals surface area contributed by atoms with Crippen LogP contribution in [0, 0.1) is 0 Å². The van der Waals surface area contributed by atoms with Crippen LogP contribution in [-0.4, -0.2) is 44.2 Å². The van der Waals surface area contributed by atoms with E-state index in [4.69, 9.17) is 9.90 Å². The van der Waals surface area contributed by atoms with Crippen LogP contribution in [0.1, 0.15) is 11.6 Å². The van der Waals surface area contributed by atoms with E-state index in [1.54, 1.807) is 67.3 Å². The highest BCUT2D eigenvalue weighted by atomic mass is 19.4. The normalized spacial score (nSPS) is 11.5. The minimum absolute atomic E-state index is 0.105. The minimum atomic E-state index is -5.19. The molecule has 2 aromatic heterocycles. The number of carbonyl (C=O) groups excluding carboxylic acids is 2. The first-order chi connectivity index (χ1) is 15.6. The highest BCUT2D eigenvalue weighted by Gasteiger charge is 2.28. The lowest BCUT2D eigenvalue weighted by molar-refractivity contribution is -0.742. The number of nitrogens with zero attached hydrogens (tertiary/aromatic N) is 4. The summed E-state index contributed by atoms with van der Waals surface area (Å²) < 4.78 is 33.0. The van der Waals surface area contributed by atoms with Crippen LogP contribution < -0.4 is 15.1 Å². The Morgan fingerprint density at radius 3 is 2.15 bits per heavy atom. The molecule has 0 saturated carbocycles. The molecule has 2 N–H and O–H groups in total. The van der Waals surface area contributed by atoms with E-state index in [9.17, 15) is 27.9 Å². The summed E-state index contributed by atoms with van der Waals surface area (Å²) in [4.78, 5) is 40.7. The number of hydrogen-bond acceptors (Lipinski definition) is 7. The zero-order valence-electron chi connectivity index (χ0n) is 16.6. The molecule has 0 spiro atoms. The second-order valence-corrected chi connectivity index (χ2v) is 6.22. The molecule has 1 aromatic carbocycles. The SMILES string of the molecule is O=C(C[n+]1ccc(-c2ncccn2)cn1)NC(C(=O)O)c1ccccc1.O=C([O-])C(F)(F)F. The van der Waals surface area contributed by atoms with E-state index >= 15 is 0 Å². The minimum Gasteiger partial charge on any atom is -0.542 e. The first-order valence-electron chi connectivity index (χ1n) is 9.06. The van der Waals surface area contributed by atoms with Crippen molar-refractivity contribution in [2.24, 2.45) is 0 Å². The summed E-state index contributed by atoms with van der Waals surface area (Å²) in [5.74, 6) is -4.05. The monoisotopic (exact) mass is 463 g/mol. The average molecular weight is 463 g/mol. The summed E-state index contributed by atoms with van der Waals surface area (Å²) in [6.07, 6.45) is 1.23. The van der Waals surface area contributed by atoms with Crippen molar-refractivity contribution in [3.63, 3.8) is 0 Å². The molecule has 33 heavy (non-hydrogen) atoms. The molecular formula is C20H16F3N5O5. The fraction of sp³-hybridized carbons (Fsp3) is 0.150. The molecule has 172 valence electrons. The van der Waals surface area contributed by atoms with Gasteiger partial charge in [-0.2, -0.15) is 13.2 Å². The Kier molecular flexibility index (Phi) is 8.49. The third-order valence-corrected chi connectivity index (χ3v) is 3.82. The molecule has 0 aliphatic rings. The Morgan fingerprint density at radius 2 is 1.67 bits per heavy atom. The molecule has 3 rings (SSSR count). The molecule has 0 bridgehead atoms. The average Bonchev–Trinajstić information content (AvgIpc) is 2.79. The lowest BCUT2D eigenvalue weighted by Gasteiger charge is -2.13. The van der Waals surface area contributed by atoms with Crippen LogP contribution in [0.4, 0.5) is 13.2 Å². The Morgan fingerprint density at radius 1 is 1.06 bits per heavy atom. The molecule has 3 aromatic rings. The number of benzene rings is 1. The van der Waals surface area contributed by atoms with Gasteiger partial charge in [0.25, 0.3) is 12.5 Å². The maximum Gasteiger partial charge on any atom is 0.430 e. The van der Waals surface area contributed by atoms with Crippen molar-refractivity contribution in [1.82, 2.24) is 20.4 Å². The van der Waals surface area contributed by atoms with Crippen LogP contribution >= 0.6 is 0 Å². The highest BCUT2D eigenvalue weighted by molar-refractivity contribution is 5.83. The molecule has 13 heteroatoms. The summed E-state index contributed by atoms with van der Waals surface area (Å²) in [6, 6.07) is 10.9. The van der Waals surface area contributed by atoms with Crippen LogP contribution in [0.2, 0.25) is 0 Å². The van der Waals surface area contributed by atoms with Crippen LogP contribution in [0.15, 0.2) is 67.3 Å². The Labute approximate surface area is 184 Å². The van der Waals surface area contributed by atoms with Crippen LogP contribution in [0.25, 0.3) is 11.4 Å². The van der Waals surface area contributed by atoms with Crippen molar-refractivity contribution in [3.05, 3.63) is 72.8 Å². The molecule has 2 heterocycles. The first-order valence-corrected chi connectivity index (χ1v) is 9.06. The molecule has 0 aliphatic carbocycles. The van der Waals surface area contributed by atoms with Gasteiger partial charge in [-0.3, -0.25) is 4.79 Å². The van der Waals surface area contributed by atoms with Gasteiger partial charge in [0.15, 0.2) is 18.1 Å². The van der Waals surface area contributed by atoms with Gasteiger partial charge in [0, 0.05) is 24.0 Å². The smallest absolute Gasteiger partial charge is 0.430 e. The molecule has 0 fully saturated rings. The number of carbonyl (C=O) groups is 3. The third kappa shape index (κ3) is 7.97. The van der Waals surface area contributed by atoms with Crippen molar-refractivity contribution >= 4 is 17.8 Å². The summed E-state index contributed by atoms with van der Waals surface area (Å²) in [5, 5.41) is 24.8. The quantitative estimate of drug-likeness (QED) is 0.488. The largest absolute Gasteiger partial charge is 0.542 e. The number of carboxylic acids is 2. The van der Waals surface area contributed by atoms with Crippen LogP contribution in [-0.2, 0) is 20.9 Å². The number of alkyl halides is 3. The Hall–Kier alpha value is -4.42. The molecular weight excluding hydrogens is 447 g/mol. The van der Waals surface area contributed by atoms with E-state index in [1.165, 1.54) is 4.68 Å². The van der Waals surface area contributed by atoms with Gasteiger partial charge in [0.05, 0.1) is 0 Å². The van der Waals surface area contributed by atoms with E-state index in [1.807, 2.05) is 0 Å². The van der Waals surface area contributed by atoms with E-state index in [-0.39, 0.29) is 6.54 Å². The number of rotatable bonds is 6. The maximum atomic E-state index is 12.2. The zero-order valence-corrected chi connectivity index (χ0v) is 16.6. The van der Waals surface area contributed by atoms with Crippen LogP contribution in [0.5, 0.6) is 0 Å². The van der Waals surface area contributed by atoms with Crippen molar-refractivity contribution in [1.29, 1.82) is 0 Å². The predicted octanol–water partition coefficient (Wildman–Crippen LogP) is 0.0668. The van der Waals surface area contributed by atoms with Gasteiger partial charge < -0.3 is 20.3 Å². The van der Waals surface area contributed by atoms with Crippen molar-refractivity contribution < 1.29 is 42.4 Å². The number of halogens is 3. The lowest BCUT2D eigenvalue weighted by atomic mass is 10.1. The van der Waals surface area contributed by atoms with Gasteiger partial charge in [0.2, 0.25) is 0 Å².